The summed E-state index contributed by atoms with van der Waals surface area (Å²) in [6.07, 6.45) is -4.61. The van der Waals surface area contributed by atoms with Gasteiger partial charge in [0.2, 0.25) is 10.0 Å². The summed E-state index contributed by atoms with van der Waals surface area (Å²) < 4.78 is 83.2. The zero-order valence-electron chi connectivity index (χ0n) is 16.7. The number of nitrogens with one attached hydrogen (secondary N) is 1. The van der Waals surface area contributed by atoms with Gasteiger partial charge in [0.1, 0.15) is 16.8 Å². The van der Waals surface area contributed by atoms with Crippen LogP contribution in [-0.2, 0) is 23.2 Å². The van der Waals surface area contributed by atoms with Crippen molar-refractivity contribution in [3.05, 3.63) is 81.5 Å². The smallest absolute Gasteiger partial charge is 0.283 e. The Bertz CT molecular complexity index is 1290. The first-order chi connectivity index (χ1) is 14.3. The molecule has 166 valence electrons. The van der Waals surface area contributed by atoms with Crippen molar-refractivity contribution in [1.82, 2.24) is 9.36 Å². The summed E-state index contributed by atoms with van der Waals surface area (Å²) >= 11 is 0. The second kappa shape index (κ2) is 7.88. The molecule has 1 heterocycles. The third-order valence-electron chi connectivity index (χ3n) is 5.02. The summed E-state index contributed by atoms with van der Waals surface area (Å²) in [7, 11) is -2.84. The molecule has 1 N–H and O–H groups in total. The fourth-order valence-electron chi connectivity index (χ4n) is 3.13. The van der Waals surface area contributed by atoms with Gasteiger partial charge in [-0.1, -0.05) is 24.3 Å². The van der Waals surface area contributed by atoms with Crippen LogP contribution < -0.4 is 10.3 Å². The molecule has 0 radical (unpaired) electrons. The van der Waals surface area contributed by atoms with E-state index in [1.54, 1.807) is 0 Å². The monoisotopic (exact) mass is 457 g/mol. The van der Waals surface area contributed by atoms with Crippen molar-refractivity contribution in [3.8, 4) is 5.69 Å². The fourth-order valence-corrected chi connectivity index (χ4v) is 4.35. The van der Waals surface area contributed by atoms with Crippen molar-refractivity contribution in [3.63, 3.8) is 0 Å². The molecule has 1 unspecified atom stereocenters. The van der Waals surface area contributed by atoms with Crippen molar-refractivity contribution in [2.24, 2.45) is 7.05 Å². The molecule has 1 aromatic heterocycles. The van der Waals surface area contributed by atoms with Crippen LogP contribution in [0, 0.1) is 12.7 Å². The van der Waals surface area contributed by atoms with Crippen LogP contribution in [0.15, 0.2) is 53.3 Å². The minimum absolute atomic E-state index is 0.0817. The van der Waals surface area contributed by atoms with Crippen LogP contribution >= 0.6 is 0 Å². The maximum absolute atomic E-state index is 14.0. The minimum Gasteiger partial charge on any atom is -0.283 e. The Kier molecular flexibility index (Phi) is 5.74. The van der Waals surface area contributed by atoms with E-state index >= 15 is 0 Å². The summed E-state index contributed by atoms with van der Waals surface area (Å²) in [5.41, 5.74) is -2.13. The zero-order chi connectivity index (χ0) is 23.1. The second-order valence-corrected chi connectivity index (χ2v) is 8.96. The van der Waals surface area contributed by atoms with Crippen LogP contribution in [0.25, 0.3) is 5.69 Å². The molecule has 0 aliphatic rings. The Hall–Kier alpha value is -3.08. The Morgan fingerprint density at radius 3 is 2.32 bits per heavy atom. The van der Waals surface area contributed by atoms with Crippen molar-refractivity contribution in [2.45, 2.75) is 25.3 Å². The number of sulfonamides is 1. The Balaban J connectivity index is 2.06. The average molecular weight is 457 g/mol. The third-order valence-corrected chi connectivity index (χ3v) is 6.70. The highest BCUT2D eigenvalue weighted by atomic mass is 32.2. The maximum Gasteiger partial charge on any atom is 0.416 e. The lowest BCUT2D eigenvalue weighted by Gasteiger charge is -2.15. The lowest BCUT2D eigenvalue weighted by atomic mass is 10.1. The van der Waals surface area contributed by atoms with Gasteiger partial charge in [0.15, 0.2) is 0 Å². The van der Waals surface area contributed by atoms with Gasteiger partial charge in [-0.3, -0.25) is 14.2 Å². The molecule has 0 aliphatic heterocycles. The number of anilines is 1. The first-order valence-electron chi connectivity index (χ1n) is 9.07. The molecule has 0 fully saturated rings. The zero-order valence-corrected chi connectivity index (χ0v) is 17.6. The van der Waals surface area contributed by atoms with E-state index in [1.807, 2.05) is 0 Å². The van der Waals surface area contributed by atoms with Crippen LogP contribution in [0.4, 0.5) is 23.2 Å². The molecule has 3 aromatic rings. The lowest BCUT2D eigenvalue weighted by molar-refractivity contribution is -0.137. The molecule has 0 bridgehead atoms. The Morgan fingerprint density at radius 1 is 1.06 bits per heavy atom. The molecule has 1 atom stereocenters. The molecule has 6 nitrogen and oxygen atoms in total. The first-order valence-corrected chi connectivity index (χ1v) is 10.6. The molecular weight excluding hydrogens is 438 g/mol. The summed E-state index contributed by atoms with van der Waals surface area (Å²) in [5.74, 6) is -0.716. The van der Waals surface area contributed by atoms with E-state index in [-0.39, 0.29) is 22.6 Å². The van der Waals surface area contributed by atoms with E-state index in [9.17, 15) is 30.8 Å². The number of halogens is 4. The van der Waals surface area contributed by atoms with Gasteiger partial charge in [0.25, 0.3) is 5.56 Å². The van der Waals surface area contributed by atoms with E-state index in [0.29, 0.717) is 0 Å². The van der Waals surface area contributed by atoms with Crippen LogP contribution in [0.1, 0.15) is 29.0 Å². The maximum atomic E-state index is 14.0. The van der Waals surface area contributed by atoms with Gasteiger partial charge in [-0.05, 0) is 38.1 Å². The lowest BCUT2D eigenvalue weighted by Crippen LogP contribution is -2.25. The number of aromatic nitrogens is 2. The first kappa shape index (κ1) is 22.6. The number of hydrogen-bond donors (Lipinski definition) is 1. The van der Waals surface area contributed by atoms with E-state index < -0.39 is 38.4 Å². The van der Waals surface area contributed by atoms with Gasteiger partial charge in [0.05, 0.1) is 16.9 Å². The number of benzene rings is 2. The summed E-state index contributed by atoms with van der Waals surface area (Å²) in [4.78, 5) is 12.9. The van der Waals surface area contributed by atoms with Gasteiger partial charge in [-0.2, -0.15) is 13.2 Å². The highest BCUT2D eigenvalue weighted by molar-refractivity contribution is 7.92. The number of hydrogen-bond acceptors (Lipinski definition) is 3. The normalized spacial score (nSPS) is 13.3. The molecule has 0 aliphatic carbocycles. The number of nitrogens with zero attached hydrogens (tertiary/aromatic N) is 2. The van der Waals surface area contributed by atoms with Crippen molar-refractivity contribution < 1.29 is 26.0 Å². The van der Waals surface area contributed by atoms with Gasteiger partial charge in [0, 0.05) is 12.6 Å². The predicted octanol–water partition coefficient (Wildman–Crippen LogP) is 4.15. The molecule has 2 aromatic carbocycles. The molecule has 0 saturated heterocycles. The van der Waals surface area contributed by atoms with E-state index in [0.717, 1.165) is 28.9 Å². The highest BCUT2D eigenvalue weighted by Crippen LogP contribution is 2.31. The third kappa shape index (κ3) is 4.22. The highest BCUT2D eigenvalue weighted by Gasteiger charge is 2.32. The summed E-state index contributed by atoms with van der Waals surface area (Å²) in [6.45, 7) is 2.71. The summed E-state index contributed by atoms with van der Waals surface area (Å²) in [5, 5.41) is -1.32. The second-order valence-electron chi connectivity index (χ2n) is 6.96. The molecule has 0 amide bonds. The van der Waals surface area contributed by atoms with Crippen molar-refractivity contribution in [1.29, 1.82) is 0 Å². The van der Waals surface area contributed by atoms with Crippen LogP contribution in [0.5, 0.6) is 0 Å². The van der Waals surface area contributed by atoms with Gasteiger partial charge >= 0.3 is 6.18 Å². The summed E-state index contributed by atoms with van der Waals surface area (Å²) in [6, 6.07) is 9.45. The topological polar surface area (TPSA) is 73.1 Å². The molecule has 11 heteroatoms. The Morgan fingerprint density at radius 2 is 1.71 bits per heavy atom. The largest absolute Gasteiger partial charge is 0.416 e. The van der Waals surface area contributed by atoms with E-state index in [1.165, 1.54) is 49.8 Å². The standard InChI is InChI=1S/C20H19F4N3O3S/c1-12-18(25-31(29,30)13(2)16-9-4-5-10-17(16)21)19(28)27(26(12)3)15-8-6-7-14(11-15)20(22,23)24/h4-11,13,25H,1-3H3. The van der Waals surface area contributed by atoms with Crippen LogP contribution in [-0.4, -0.2) is 17.8 Å². The van der Waals surface area contributed by atoms with E-state index in [4.69, 9.17) is 0 Å². The van der Waals surface area contributed by atoms with Crippen molar-refractivity contribution in [2.75, 3.05) is 4.72 Å². The SMILES string of the molecule is Cc1c(NS(=O)(=O)C(C)c2ccccc2F)c(=O)n(-c2cccc(C(F)(F)F)c2)n1C. The number of alkyl halides is 3. The van der Waals surface area contributed by atoms with Gasteiger partial charge in [-0.15, -0.1) is 0 Å². The molecule has 3 rings (SSSR count). The average Bonchev–Trinajstić information content (AvgIpc) is 2.90. The quantitative estimate of drug-likeness (QED) is 0.586. The number of rotatable bonds is 5. The van der Waals surface area contributed by atoms with E-state index in [2.05, 4.69) is 4.72 Å². The van der Waals surface area contributed by atoms with Crippen LogP contribution in [0.3, 0.4) is 0 Å². The Labute approximate surface area is 175 Å². The minimum atomic E-state index is -4.61. The molecule has 31 heavy (non-hydrogen) atoms. The van der Waals surface area contributed by atoms with Crippen molar-refractivity contribution >= 4 is 15.7 Å². The predicted molar refractivity (Wildman–Crippen MR) is 108 cm³/mol. The van der Waals surface area contributed by atoms with Crippen LogP contribution in [0.2, 0.25) is 0 Å². The fraction of sp³-hybridized carbons (Fsp3) is 0.250. The molecular formula is C20H19F4N3O3S. The van der Waals surface area contributed by atoms with Gasteiger partial charge < -0.3 is 0 Å². The molecule has 0 spiro atoms. The van der Waals surface area contributed by atoms with Gasteiger partial charge in [-0.25, -0.2) is 17.5 Å². The molecule has 0 saturated carbocycles.